The Balaban J connectivity index is 1.61. The number of carbonyl (C=O) groups is 3. The Labute approximate surface area is 322 Å². The van der Waals surface area contributed by atoms with Crippen LogP contribution in [0.5, 0.6) is 0 Å². The molecule has 3 heterocycles. The fraction of sp³-hybridized carbons (Fsp3) is 0.571. The number of oxazole rings is 1. The fourth-order valence-electron chi connectivity index (χ4n) is 6.47. The summed E-state index contributed by atoms with van der Waals surface area (Å²) >= 11 is 0. The van der Waals surface area contributed by atoms with Gasteiger partial charge in [0.25, 0.3) is 5.91 Å². The molecule has 1 aromatic carbocycles. The molecule has 1 saturated heterocycles. The van der Waals surface area contributed by atoms with E-state index in [0.29, 0.717) is 52.0 Å². The highest BCUT2D eigenvalue weighted by molar-refractivity contribution is 6.74. The van der Waals surface area contributed by atoms with Gasteiger partial charge in [-0.15, -0.1) is 0 Å². The molecule has 1 aromatic heterocycles. The first-order valence-corrected chi connectivity index (χ1v) is 22.2. The number of nitrogens with zero attached hydrogens (tertiary/aromatic N) is 2. The largest absolute Gasteiger partial charge is 0.460 e. The van der Waals surface area contributed by atoms with Gasteiger partial charge in [0.15, 0.2) is 19.9 Å². The molecule has 2 amide bonds. The number of amides is 2. The fourth-order valence-corrected chi connectivity index (χ4v) is 7.75. The molecule has 0 saturated carbocycles. The van der Waals surface area contributed by atoms with Crippen LogP contribution in [0, 0.1) is 11.8 Å². The Kier molecular flexibility index (Phi) is 15.6. The van der Waals surface area contributed by atoms with Crippen LogP contribution >= 0.6 is 0 Å². The van der Waals surface area contributed by atoms with Crippen molar-refractivity contribution in [2.75, 3.05) is 19.7 Å². The zero-order valence-corrected chi connectivity index (χ0v) is 34.4. The maximum absolute atomic E-state index is 13.8. The number of hydrogen-bond acceptors (Lipinski definition) is 9. The van der Waals surface area contributed by atoms with Crippen molar-refractivity contribution in [3.63, 3.8) is 0 Å². The van der Waals surface area contributed by atoms with Gasteiger partial charge in [0, 0.05) is 32.0 Å². The molecule has 296 valence electrons. The van der Waals surface area contributed by atoms with Crippen molar-refractivity contribution in [2.24, 2.45) is 11.8 Å². The molecule has 2 aliphatic heterocycles. The second kappa shape index (κ2) is 19.7. The highest BCUT2D eigenvalue weighted by atomic mass is 28.4. The third-order valence-corrected chi connectivity index (χ3v) is 15.0. The number of aliphatic hydroxyl groups excluding tert-OH is 1. The highest BCUT2D eigenvalue weighted by Crippen LogP contribution is 2.38. The number of carbonyl (C=O) groups excluding carboxylic acids is 3. The van der Waals surface area contributed by atoms with Gasteiger partial charge in [-0.2, -0.15) is 0 Å². The van der Waals surface area contributed by atoms with Crippen molar-refractivity contribution in [3.8, 4) is 0 Å². The van der Waals surface area contributed by atoms with Gasteiger partial charge in [-0.1, -0.05) is 94.8 Å². The molecule has 2 aliphatic rings. The summed E-state index contributed by atoms with van der Waals surface area (Å²) in [5.74, 6) is -1.38. The lowest BCUT2D eigenvalue weighted by atomic mass is 9.90. The van der Waals surface area contributed by atoms with Gasteiger partial charge in [0.05, 0.1) is 25.2 Å². The Morgan fingerprint density at radius 3 is 2.56 bits per heavy atom. The second-order valence-corrected chi connectivity index (χ2v) is 21.1. The van der Waals surface area contributed by atoms with Crippen LogP contribution < -0.4 is 5.32 Å². The van der Waals surface area contributed by atoms with E-state index in [1.807, 2.05) is 69.3 Å². The summed E-state index contributed by atoms with van der Waals surface area (Å²) in [6.07, 6.45) is 10.5. The van der Waals surface area contributed by atoms with Crippen LogP contribution in [0.1, 0.15) is 89.2 Å². The first kappa shape index (κ1) is 42.9. The number of fused-ring (bicyclic) bond motifs is 3. The molecular formula is C42H61N3O8Si. The second-order valence-electron chi connectivity index (χ2n) is 16.3. The van der Waals surface area contributed by atoms with Gasteiger partial charge in [-0.05, 0) is 61.9 Å². The normalized spacial score (nSPS) is 26.4. The van der Waals surface area contributed by atoms with Crippen LogP contribution in [-0.2, 0) is 36.5 Å². The molecule has 1 fully saturated rings. The molecular weight excluding hydrogens is 703 g/mol. The number of allylic oxidation sites excluding steroid dienone is 2. The number of cyclic esters (lactones) is 1. The minimum absolute atomic E-state index is 0.0475. The Hall–Kier alpha value is -3.84. The summed E-state index contributed by atoms with van der Waals surface area (Å²) in [6.45, 7) is 18.3. The molecule has 0 radical (unpaired) electrons. The number of nitrogens with one attached hydrogen (secondary N) is 1. The standard InChI is InChI=1S/C42H61N3O8Si/c1-29(2)39-32(20-23-50-27-31-15-10-9-11-16-31)18-19-37(47)43-21-12-14-30(3)24-34(53-54(7,8)42(4,5)6)25-33(46)26-38-44-35(28-51-38)40(48)45-22-13-17-36(45)41(49)52-39/h9-12,14-16,18-19,24,28-29,32-34,36,39,46H,13,17,20-23,25-27H2,1-8H3,(H,43,47)/b14-12+,19-18+,30-24+/t32-,33-,34?,36+,39?/m0/s1. The van der Waals surface area contributed by atoms with E-state index in [4.69, 9.17) is 18.3 Å². The van der Waals surface area contributed by atoms with Crippen LogP contribution in [0.2, 0.25) is 18.1 Å². The van der Waals surface area contributed by atoms with E-state index in [1.165, 1.54) is 17.2 Å². The van der Waals surface area contributed by atoms with E-state index in [0.717, 1.165) is 11.1 Å². The van der Waals surface area contributed by atoms with Crippen LogP contribution in [0.15, 0.2) is 77.0 Å². The number of benzene rings is 1. The van der Waals surface area contributed by atoms with Crippen molar-refractivity contribution >= 4 is 26.1 Å². The molecule has 2 unspecified atom stereocenters. The number of ether oxygens (including phenoxy) is 2. The Morgan fingerprint density at radius 2 is 1.85 bits per heavy atom. The lowest BCUT2D eigenvalue weighted by Gasteiger charge is -2.39. The number of aliphatic hydroxyl groups is 1. The lowest BCUT2D eigenvalue weighted by molar-refractivity contribution is -0.158. The van der Waals surface area contributed by atoms with Crippen LogP contribution in [0.4, 0.5) is 0 Å². The molecule has 5 atom stereocenters. The number of esters is 1. The van der Waals surface area contributed by atoms with E-state index in [9.17, 15) is 19.5 Å². The minimum atomic E-state index is -2.22. The van der Waals surface area contributed by atoms with E-state index in [-0.39, 0.29) is 46.9 Å². The molecule has 0 spiro atoms. The van der Waals surface area contributed by atoms with E-state index in [1.54, 1.807) is 6.08 Å². The monoisotopic (exact) mass is 763 g/mol. The highest BCUT2D eigenvalue weighted by Gasteiger charge is 2.40. The number of rotatable bonds is 8. The predicted octanol–water partition coefficient (Wildman–Crippen LogP) is 6.94. The van der Waals surface area contributed by atoms with E-state index >= 15 is 0 Å². The summed E-state index contributed by atoms with van der Waals surface area (Å²) in [7, 11) is -2.22. The van der Waals surface area contributed by atoms with Gasteiger partial charge < -0.3 is 33.6 Å². The number of aromatic nitrogens is 1. The lowest BCUT2D eigenvalue weighted by Crippen LogP contribution is -2.44. The summed E-state index contributed by atoms with van der Waals surface area (Å²) in [6, 6.07) is 9.09. The Morgan fingerprint density at radius 1 is 1.11 bits per heavy atom. The van der Waals surface area contributed by atoms with Crippen molar-refractivity contribution in [1.82, 2.24) is 15.2 Å². The van der Waals surface area contributed by atoms with Crippen LogP contribution in [-0.4, -0.2) is 85.1 Å². The third kappa shape index (κ3) is 12.6. The van der Waals surface area contributed by atoms with Crippen molar-refractivity contribution < 1.29 is 37.8 Å². The van der Waals surface area contributed by atoms with Crippen LogP contribution in [0.3, 0.4) is 0 Å². The van der Waals surface area contributed by atoms with Gasteiger partial charge in [-0.3, -0.25) is 9.59 Å². The third-order valence-electron chi connectivity index (χ3n) is 10.5. The average molecular weight is 764 g/mol. The quantitative estimate of drug-likeness (QED) is 0.166. The SMILES string of the molecule is CC1=C\C(O[Si](C)(C)C(C)(C)C)C[C@H](O)Cc2nc(co2)C(=O)N2CCC[C@@H]2C(=O)OC(C(C)C)[C@H](CCOCc2ccccc2)/C=C/C(=O)NC\C=C\1. The molecule has 54 heavy (non-hydrogen) atoms. The van der Waals surface area contributed by atoms with Crippen molar-refractivity contribution in [1.29, 1.82) is 0 Å². The Bertz CT molecular complexity index is 1630. The van der Waals surface area contributed by atoms with Crippen LogP contribution in [0.25, 0.3) is 0 Å². The summed E-state index contributed by atoms with van der Waals surface area (Å²) in [4.78, 5) is 46.5. The zero-order chi connectivity index (χ0) is 39.5. The zero-order valence-electron chi connectivity index (χ0n) is 33.4. The number of hydrogen-bond donors (Lipinski definition) is 2. The molecule has 2 N–H and O–H groups in total. The molecule has 12 heteroatoms. The van der Waals surface area contributed by atoms with Gasteiger partial charge >= 0.3 is 5.97 Å². The minimum Gasteiger partial charge on any atom is -0.460 e. The molecule has 11 nitrogen and oxygen atoms in total. The van der Waals surface area contributed by atoms with E-state index in [2.05, 4.69) is 44.2 Å². The molecule has 2 bridgehead atoms. The predicted molar refractivity (Wildman–Crippen MR) is 211 cm³/mol. The van der Waals surface area contributed by atoms with Crippen molar-refractivity contribution in [3.05, 3.63) is 89.7 Å². The molecule has 4 rings (SSSR count). The van der Waals surface area contributed by atoms with E-state index < -0.39 is 38.4 Å². The van der Waals surface area contributed by atoms with Gasteiger partial charge in [0.1, 0.15) is 18.4 Å². The summed E-state index contributed by atoms with van der Waals surface area (Å²) in [5.41, 5.74) is 2.05. The first-order chi connectivity index (χ1) is 25.5. The maximum atomic E-state index is 13.8. The molecule has 0 aliphatic carbocycles. The summed E-state index contributed by atoms with van der Waals surface area (Å²) in [5, 5.41) is 14.1. The van der Waals surface area contributed by atoms with Crippen molar-refractivity contribution in [2.45, 2.75) is 123 Å². The topological polar surface area (TPSA) is 140 Å². The van der Waals surface area contributed by atoms with Gasteiger partial charge in [-0.25, -0.2) is 9.78 Å². The maximum Gasteiger partial charge on any atom is 0.329 e. The smallest absolute Gasteiger partial charge is 0.329 e. The first-order valence-electron chi connectivity index (χ1n) is 19.3. The summed E-state index contributed by atoms with van der Waals surface area (Å²) < 4.78 is 24.6. The average Bonchev–Trinajstić information content (AvgIpc) is 3.78. The van der Waals surface area contributed by atoms with Gasteiger partial charge in [0.2, 0.25) is 5.91 Å². The molecule has 2 aromatic rings.